The Morgan fingerprint density at radius 3 is 2.26 bits per heavy atom. The first-order valence-corrected chi connectivity index (χ1v) is 7.99. The maximum absolute atomic E-state index is 5.87. The molecule has 19 heavy (non-hydrogen) atoms. The average Bonchev–Trinajstić information content (AvgIpc) is 2.80. The van der Waals surface area contributed by atoms with Crippen LogP contribution in [0.3, 0.4) is 0 Å². The van der Waals surface area contributed by atoms with Gasteiger partial charge in [0.25, 0.3) is 0 Å². The fraction of sp³-hybridized carbons (Fsp3) is 0.812. The molecular formula is C16H25N3. The first kappa shape index (κ1) is 12.0. The minimum absolute atomic E-state index is 0.401. The first-order valence-electron chi connectivity index (χ1n) is 7.99. The maximum Gasteiger partial charge on any atom is 0.115 e. The van der Waals surface area contributed by atoms with Gasteiger partial charge in [-0.15, -0.1) is 0 Å². The van der Waals surface area contributed by atoms with Gasteiger partial charge in [0.2, 0.25) is 0 Å². The Kier molecular flexibility index (Phi) is 2.57. The van der Waals surface area contributed by atoms with Gasteiger partial charge in [0, 0.05) is 24.7 Å². The molecule has 0 spiro atoms. The van der Waals surface area contributed by atoms with Gasteiger partial charge in [-0.05, 0) is 63.2 Å². The van der Waals surface area contributed by atoms with E-state index in [9.17, 15) is 0 Å². The lowest BCUT2D eigenvalue weighted by Gasteiger charge is -2.56. The number of aromatic nitrogens is 2. The third kappa shape index (κ3) is 1.63. The van der Waals surface area contributed by atoms with Gasteiger partial charge >= 0.3 is 0 Å². The van der Waals surface area contributed by atoms with Crippen molar-refractivity contribution in [2.24, 2.45) is 23.5 Å². The van der Waals surface area contributed by atoms with Gasteiger partial charge in [-0.25, -0.2) is 4.98 Å². The normalized spacial score (nSPS) is 40.0. The molecule has 1 heterocycles. The minimum Gasteiger partial charge on any atom is -0.331 e. The number of rotatable bonds is 3. The highest BCUT2D eigenvalue weighted by Gasteiger charge is 2.53. The second-order valence-corrected chi connectivity index (χ2v) is 7.22. The summed E-state index contributed by atoms with van der Waals surface area (Å²) in [4.78, 5) is 4.83. The molecule has 0 radical (unpaired) electrons. The summed E-state index contributed by atoms with van der Waals surface area (Å²) in [6.45, 7) is 3.86. The zero-order valence-electron chi connectivity index (χ0n) is 11.9. The number of nitrogens with two attached hydrogens (primary N) is 1. The summed E-state index contributed by atoms with van der Waals surface area (Å²) in [5.41, 5.74) is 7.49. The first-order chi connectivity index (χ1) is 9.24. The van der Waals surface area contributed by atoms with Crippen molar-refractivity contribution < 1.29 is 0 Å². The summed E-state index contributed by atoms with van der Waals surface area (Å²) < 4.78 is 2.41. The van der Waals surface area contributed by atoms with E-state index in [1.165, 1.54) is 50.0 Å². The molecule has 1 aromatic heterocycles. The Balaban J connectivity index is 1.77. The second-order valence-electron chi connectivity index (χ2n) is 7.22. The highest BCUT2D eigenvalue weighted by molar-refractivity contribution is 5.21. The molecule has 0 atom stereocenters. The van der Waals surface area contributed by atoms with Gasteiger partial charge in [-0.2, -0.15) is 0 Å². The average molecular weight is 259 g/mol. The van der Waals surface area contributed by atoms with Crippen molar-refractivity contribution in [2.45, 2.75) is 64.0 Å². The van der Waals surface area contributed by atoms with E-state index in [4.69, 9.17) is 10.7 Å². The van der Waals surface area contributed by atoms with Gasteiger partial charge in [0.1, 0.15) is 5.82 Å². The zero-order chi connectivity index (χ0) is 13.0. The minimum atomic E-state index is 0.401. The Labute approximate surface area is 115 Å². The molecule has 4 aliphatic rings. The van der Waals surface area contributed by atoms with Crippen LogP contribution in [0, 0.1) is 17.8 Å². The lowest BCUT2D eigenvalue weighted by Crippen LogP contribution is -2.49. The lowest BCUT2D eigenvalue weighted by atomic mass is 9.49. The van der Waals surface area contributed by atoms with Crippen LogP contribution >= 0.6 is 0 Å². The molecule has 1 aromatic rings. The van der Waals surface area contributed by atoms with E-state index in [0.717, 1.165) is 24.3 Å². The summed E-state index contributed by atoms with van der Waals surface area (Å²) in [5.74, 6) is 4.31. The molecular weight excluding hydrogens is 234 g/mol. The Morgan fingerprint density at radius 1 is 1.21 bits per heavy atom. The topological polar surface area (TPSA) is 43.8 Å². The molecule has 104 valence electrons. The van der Waals surface area contributed by atoms with E-state index in [0.29, 0.717) is 12.0 Å². The number of nitrogens with zero attached hydrogens (tertiary/aromatic N) is 2. The van der Waals surface area contributed by atoms with Crippen molar-refractivity contribution >= 4 is 0 Å². The molecule has 0 unspecified atom stereocenters. The molecule has 0 saturated heterocycles. The lowest BCUT2D eigenvalue weighted by molar-refractivity contribution is -0.0110. The van der Waals surface area contributed by atoms with E-state index in [1.54, 1.807) is 0 Å². The molecule has 0 aromatic carbocycles. The largest absolute Gasteiger partial charge is 0.331 e. The molecule has 0 aliphatic heterocycles. The summed E-state index contributed by atoms with van der Waals surface area (Å²) in [5, 5.41) is 0. The predicted molar refractivity (Wildman–Crippen MR) is 75.6 cm³/mol. The zero-order valence-corrected chi connectivity index (χ0v) is 11.9. The van der Waals surface area contributed by atoms with Crippen LogP contribution in [0.25, 0.3) is 0 Å². The van der Waals surface area contributed by atoms with E-state index in [2.05, 4.69) is 11.5 Å². The van der Waals surface area contributed by atoms with Crippen LogP contribution in [0.4, 0.5) is 0 Å². The van der Waals surface area contributed by atoms with Gasteiger partial charge in [-0.1, -0.05) is 0 Å². The fourth-order valence-corrected chi connectivity index (χ4v) is 5.73. The molecule has 4 bridgehead atoms. The van der Waals surface area contributed by atoms with Crippen molar-refractivity contribution in [3.8, 4) is 0 Å². The summed E-state index contributed by atoms with van der Waals surface area (Å²) >= 11 is 0. The smallest absolute Gasteiger partial charge is 0.115 e. The Hall–Kier alpha value is -0.830. The van der Waals surface area contributed by atoms with Crippen LogP contribution < -0.4 is 5.73 Å². The van der Waals surface area contributed by atoms with Crippen molar-refractivity contribution in [3.63, 3.8) is 0 Å². The van der Waals surface area contributed by atoms with Crippen LogP contribution in [0.15, 0.2) is 6.20 Å². The number of hydrogen-bond acceptors (Lipinski definition) is 2. The molecule has 4 saturated carbocycles. The van der Waals surface area contributed by atoms with Gasteiger partial charge in [0.15, 0.2) is 0 Å². The Bertz CT molecular complexity index is 453. The van der Waals surface area contributed by atoms with Crippen LogP contribution in [0.1, 0.15) is 57.0 Å². The van der Waals surface area contributed by atoms with Crippen LogP contribution in [0.5, 0.6) is 0 Å². The fourth-order valence-electron chi connectivity index (χ4n) is 5.73. The predicted octanol–water partition coefficient (Wildman–Crippen LogP) is 2.83. The SMILES string of the molecule is CCn1c(CN)cnc1C12CC3CC(CC(C3)C1)C2. The number of imidazole rings is 1. The van der Waals surface area contributed by atoms with Crippen molar-refractivity contribution in [2.75, 3.05) is 0 Å². The van der Waals surface area contributed by atoms with Crippen LogP contribution in [-0.2, 0) is 18.5 Å². The second kappa shape index (κ2) is 4.08. The summed E-state index contributed by atoms with van der Waals surface area (Å²) in [6.07, 6.45) is 10.7. The molecule has 4 fully saturated rings. The van der Waals surface area contributed by atoms with Crippen molar-refractivity contribution in [1.29, 1.82) is 0 Å². The standard InChI is InChI=1S/C16H25N3/c1-2-19-14(9-17)10-18-15(19)16-6-11-3-12(7-16)5-13(4-11)8-16/h10-13H,2-9,17H2,1H3. The highest BCUT2D eigenvalue weighted by Crippen LogP contribution is 2.60. The maximum atomic E-state index is 5.87. The van der Waals surface area contributed by atoms with Gasteiger partial charge in [-0.3, -0.25) is 0 Å². The van der Waals surface area contributed by atoms with Crippen LogP contribution in [-0.4, -0.2) is 9.55 Å². The summed E-state index contributed by atoms with van der Waals surface area (Å²) in [6, 6.07) is 0. The van der Waals surface area contributed by atoms with Gasteiger partial charge in [0.05, 0.1) is 5.69 Å². The molecule has 5 rings (SSSR count). The third-order valence-corrected chi connectivity index (χ3v) is 5.98. The third-order valence-electron chi connectivity index (χ3n) is 5.98. The van der Waals surface area contributed by atoms with E-state index in [-0.39, 0.29) is 0 Å². The molecule has 2 N–H and O–H groups in total. The van der Waals surface area contributed by atoms with Crippen molar-refractivity contribution in [3.05, 3.63) is 17.7 Å². The molecule has 4 aliphatic carbocycles. The Morgan fingerprint density at radius 2 is 1.79 bits per heavy atom. The van der Waals surface area contributed by atoms with E-state index in [1.807, 2.05) is 6.20 Å². The monoisotopic (exact) mass is 259 g/mol. The number of hydrogen-bond donors (Lipinski definition) is 1. The van der Waals surface area contributed by atoms with E-state index < -0.39 is 0 Å². The van der Waals surface area contributed by atoms with Crippen LogP contribution in [0.2, 0.25) is 0 Å². The van der Waals surface area contributed by atoms with Crippen molar-refractivity contribution in [1.82, 2.24) is 9.55 Å². The highest BCUT2D eigenvalue weighted by atomic mass is 15.1. The molecule has 0 amide bonds. The molecule has 3 heteroatoms. The quantitative estimate of drug-likeness (QED) is 0.907. The summed E-state index contributed by atoms with van der Waals surface area (Å²) in [7, 11) is 0. The van der Waals surface area contributed by atoms with E-state index >= 15 is 0 Å². The van der Waals surface area contributed by atoms with Gasteiger partial charge < -0.3 is 10.3 Å². The molecule has 3 nitrogen and oxygen atoms in total.